The minimum Gasteiger partial charge on any atom is -0.478 e. The summed E-state index contributed by atoms with van der Waals surface area (Å²) in [6.45, 7) is 4.01. The second kappa shape index (κ2) is 7.38. The first-order chi connectivity index (χ1) is 11.5. The molecule has 3 rings (SSSR count). The van der Waals surface area contributed by atoms with Gasteiger partial charge in [0.2, 0.25) is 0 Å². The number of carbonyl (C=O) groups is 1. The number of benzene rings is 1. The first-order valence-electron chi connectivity index (χ1n) is 6.98. The maximum atomic E-state index is 11.0. The lowest BCUT2D eigenvalue weighted by Gasteiger charge is -2.19. The zero-order valence-corrected chi connectivity index (χ0v) is 15.7. The Morgan fingerprint density at radius 2 is 2.21 bits per heavy atom. The number of carboxylic acid groups (broad SMARTS) is 1. The fourth-order valence-electron chi connectivity index (χ4n) is 2.10. The third kappa shape index (κ3) is 3.80. The number of hydrogen-bond acceptors (Lipinski definition) is 5. The van der Waals surface area contributed by atoms with Gasteiger partial charge >= 0.3 is 5.97 Å². The summed E-state index contributed by atoms with van der Waals surface area (Å²) in [5.41, 5.74) is 2.84. The third-order valence-corrected chi connectivity index (χ3v) is 5.92. The number of halogens is 1. The van der Waals surface area contributed by atoms with E-state index >= 15 is 0 Å². The summed E-state index contributed by atoms with van der Waals surface area (Å²) in [7, 11) is 0. The molecule has 1 aromatic carbocycles. The van der Waals surface area contributed by atoms with Crippen molar-refractivity contribution in [1.82, 2.24) is 5.32 Å². The monoisotopic (exact) mass is 420 g/mol. The predicted molar refractivity (Wildman–Crippen MR) is 105 cm³/mol. The number of hydrogen-bond donors (Lipinski definition) is 2. The van der Waals surface area contributed by atoms with Crippen LogP contribution in [0.3, 0.4) is 0 Å². The topological polar surface area (TPSA) is 61.7 Å². The van der Waals surface area contributed by atoms with Gasteiger partial charge in [-0.1, -0.05) is 36.5 Å². The molecule has 2 heterocycles. The number of thiophene rings is 1. The van der Waals surface area contributed by atoms with Crippen LogP contribution in [-0.4, -0.2) is 16.2 Å². The first kappa shape index (κ1) is 17.0. The smallest absolute Gasteiger partial charge is 0.335 e. The molecule has 0 saturated carbocycles. The Morgan fingerprint density at radius 3 is 2.92 bits per heavy atom. The van der Waals surface area contributed by atoms with Crippen molar-refractivity contribution in [3.8, 4) is 0 Å². The summed E-state index contributed by atoms with van der Waals surface area (Å²) >= 11 is 6.66. The minimum atomic E-state index is -0.921. The highest BCUT2D eigenvalue weighted by Gasteiger charge is 2.18. The van der Waals surface area contributed by atoms with Crippen molar-refractivity contribution in [3.63, 3.8) is 0 Å². The predicted octanol–water partition coefficient (Wildman–Crippen LogP) is 4.92. The van der Waals surface area contributed by atoms with Crippen LogP contribution in [0.25, 0.3) is 5.70 Å². The molecule has 1 aliphatic rings. The Balaban J connectivity index is 1.78. The Morgan fingerprint density at radius 1 is 1.38 bits per heavy atom. The molecule has 122 valence electrons. The number of nitrogens with one attached hydrogen (secondary N) is 1. The molecule has 0 fully saturated rings. The van der Waals surface area contributed by atoms with Gasteiger partial charge in [-0.25, -0.2) is 9.79 Å². The third-order valence-electron chi connectivity index (χ3n) is 3.25. The van der Waals surface area contributed by atoms with E-state index in [0.29, 0.717) is 5.75 Å². The van der Waals surface area contributed by atoms with Crippen molar-refractivity contribution in [3.05, 3.63) is 74.5 Å². The van der Waals surface area contributed by atoms with Crippen molar-refractivity contribution in [2.75, 3.05) is 0 Å². The molecular weight excluding hydrogens is 408 g/mol. The van der Waals surface area contributed by atoms with Gasteiger partial charge in [0.05, 0.1) is 20.6 Å². The Labute approximate surface area is 156 Å². The molecule has 0 spiro atoms. The average molecular weight is 421 g/mol. The van der Waals surface area contributed by atoms with Crippen molar-refractivity contribution < 1.29 is 9.90 Å². The van der Waals surface area contributed by atoms with Crippen LogP contribution in [-0.2, 0) is 5.75 Å². The molecular formula is C17H13BrN2O2S2. The summed E-state index contributed by atoms with van der Waals surface area (Å²) in [6.07, 6.45) is 0. The number of thioether (sulfide) groups is 1. The molecule has 4 nitrogen and oxygen atoms in total. The number of amidine groups is 1. The number of nitrogens with zero attached hydrogens (tertiary/aromatic N) is 1. The molecule has 0 unspecified atom stereocenters. The van der Waals surface area contributed by atoms with Gasteiger partial charge in [0.1, 0.15) is 0 Å². The van der Waals surface area contributed by atoms with Crippen molar-refractivity contribution in [1.29, 1.82) is 0 Å². The standard InChI is InChI=1S/C17H13BrN2O2S2/c1-10-14(18)15(13-6-3-7-23-13)20-17(19-10)24-9-11-4-2-5-12(8-11)16(21)22/h2-8H,1,9H2,(H,19,20)(H,21,22). The van der Waals surface area contributed by atoms with E-state index in [1.807, 2.05) is 23.6 Å². The number of rotatable bonds is 4. The molecule has 0 bridgehead atoms. The van der Waals surface area contributed by atoms with E-state index in [0.717, 1.165) is 31.5 Å². The van der Waals surface area contributed by atoms with E-state index in [9.17, 15) is 4.79 Å². The van der Waals surface area contributed by atoms with E-state index < -0.39 is 5.97 Å². The van der Waals surface area contributed by atoms with E-state index in [2.05, 4.69) is 32.8 Å². The van der Waals surface area contributed by atoms with E-state index in [1.54, 1.807) is 29.5 Å². The second-order valence-electron chi connectivity index (χ2n) is 4.95. The van der Waals surface area contributed by atoms with Crippen molar-refractivity contribution >= 4 is 55.9 Å². The Hall–Kier alpha value is -1.83. The molecule has 0 aliphatic carbocycles. The second-order valence-corrected chi connectivity index (χ2v) is 7.66. The highest BCUT2D eigenvalue weighted by atomic mass is 79.9. The lowest BCUT2D eigenvalue weighted by molar-refractivity contribution is 0.0697. The van der Waals surface area contributed by atoms with Crippen LogP contribution < -0.4 is 5.32 Å². The van der Waals surface area contributed by atoms with Gasteiger partial charge in [-0.3, -0.25) is 0 Å². The first-order valence-corrected chi connectivity index (χ1v) is 9.64. The number of aromatic carboxylic acids is 1. The largest absolute Gasteiger partial charge is 0.478 e. The molecule has 2 aromatic rings. The summed E-state index contributed by atoms with van der Waals surface area (Å²) in [4.78, 5) is 16.8. The summed E-state index contributed by atoms with van der Waals surface area (Å²) in [5.74, 6) is -0.300. The van der Waals surface area contributed by atoms with Crippen molar-refractivity contribution in [2.45, 2.75) is 5.75 Å². The molecule has 0 radical (unpaired) electrons. The lowest BCUT2D eigenvalue weighted by atomic mass is 10.1. The lowest BCUT2D eigenvalue weighted by Crippen LogP contribution is -2.23. The minimum absolute atomic E-state index is 0.290. The Kier molecular flexibility index (Phi) is 5.23. The molecule has 1 aliphatic heterocycles. The highest BCUT2D eigenvalue weighted by Crippen LogP contribution is 2.34. The maximum absolute atomic E-state index is 11.0. The van der Waals surface area contributed by atoms with Crippen LogP contribution in [0.4, 0.5) is 0 Å². The van der Waals surface area contributed by atoms with Gasteiger partial charge in [0.15, 0.2) is 5.17 Å². The van der Waals surface area contributed by atoms with Gasteiger partial charge < -0.3 is 10.4 Å². The highest BCUT2D eigenvalue weighted by molar-refractivity contribution is 9.12. The number of allylic oxidation sites excluding steroid dienone is 1. The van der Waals surface area contributed by atoms with Crippen LogP contribution in [0.1, 0.15) is 20.8 Å². The molecule has 0 atom stereocenters. The van der Waals surface area contributed by atoms with Gasteiger partial charge in [0, 0.05) is 11.4 Å². The molecule has 2 N–H and O–H groups in total. The van der Waals surface area contributed by atoms with Crippen LogP contribution in [0.5, 0.6) is 0 Å². The van der Waals surface area contributed by atoms with Gasteiger partial charge in [0.25, 0.3) is 0 Å². The van der Waals surface area contributed by atoms with Gasteiger partial charge in [-0.05, 0) is 45.1 Å². The van der Waals surface area contributed by atoms with E-state index in [-0.39, 0.29) is 5.56 Å². The Bertz CT molecular complexity index is 857. The van der Waals surface area contributed by atoms with Gasteiger partial charge in [-0.15, -0.1) is 11.3 Å². The van der Waals surface area contributed by atoms with Crippen LogP contribution in [0.15, 0.2) is 63.5 Å². The van der Waals surface area contributed by atoms with Gasteiger partial charge in [-0.2, -0.15) is 0 Å². The zero-order chi connectivity index (χ0) is 17.1. The number of aliphatic imine (C=N–C) groups is 1. The molecule has 0 saturated heterocycles. The molecule has 0 amide bonds. The zero-order valence-electron chi connectivity index (χ0n) is 12.5. The molecule has 7 heteroatoms. The fraction of sp³-hybridized carbons (Fsp3) is 0.0588. The molecule has 24 heavy (non-hydrogen) atoms. The summed E-state index contributed by atoms with van der Waals surface area (Å²) in [6, 6.07) is 10.9. The average Bonchev–Trinajstić information content (AvgIpc) is 3.10. The van der Waals surface area contributed by atoms with Crippen molar-refractivity contribution in [2.24, 2.45) is 4.99 Å². The molecule has 1 aromatic heterocycles. The van der Waals surface area contributed by atoms with Crippen LogP contribution in [0.2, 0.25) is 0 Å². The van der Waals surface area contributed by atoms with E-state index in [4.69, 9.17) is 5.11 Å². The summed E-state index contributed by atoms with van der Waals surface area (Å²) < 4.78 is 0.849. The normalized spacial score (nSPS) is 14.4. The van der Waals surface area contributed by atoms with Crippen LogP contribution in [0, 0.1) is 0 Å². The quantitative estimate of drug-likeness (QED) is 0.736. The summed E-state index contributed by atoms with van der Waals surface area (Å²) in [5, 5.41) is 15.0. The van der Waals surface area contributed by atoms with Crippen LogP contribution >= 0.6 is 39.0 Å². The van der Waals surface area contributed by atoms with E-state index in [1.165, 1.54) is 11.8 Å². The maximum Gasteiger partial charge on any atom is 0.335 e. The fourth-order valence-corrected chi connectivity index (χ4v) is 4.18. The number of carboxylic acids is 1. The SMILES string of the molecule is C=C1NC(SCc2cccc(C(=O)O)c2)=NC(c2cccs2)=C1Br.